The summed E-state index contributed by atoms with van der Waals surface area (Å²) in [5.74, 6) is 0.262. The highest BCUT2D eigenvalue weighted by Gasteiger charge is 2.63. The maximum atomic E-state index is 6.18. The van der Waals surface area contributed by atoms with Crippen LogP contribution < -0.4 is 0 Å². The van der Waals surface area contributed by atoms with Crippen molar-refractivity contribution in [2.24, 2.45) is 11.3 Å². The molecule has 3 nitrogen and oxygen atoms in total. The summed E-state index contributed by atoms with van der Waals surface area (Å²) in [7, 11) is 0. The molecule has 29 heavy (non-hydrogen) atoms. The van der Waals surface area contributed by atoms with Crippen molar-refractivity contribution in [3.8, 4) is 11.1 Å². The zero-order chi connectivity index (χ0) is 19.6. The molecule has 2 aromatic rings. The molecule has 0 radical (unpaired) electrons. The Kier molecular flexibility index (Phi) is 3.89. The molecule has 6 rings (SSSR count). The molecular formula is C26H26O3. The molecule has 148 valence electrons. The van der Waals surface area contributed by atoms with Gasteiger partial charge in [0.25, 0.3) is 0 Å². The third-order valence-electron chi connectivity index (χ3n) is 6.96. The second kappa shape index (κ2) is 6.40. The predicted octanol–water partition coefficient (Wildman–Crippen LogP) is 4.88. The molecular weight excluding hydrogens is 360 g/mol. The van der Waals surface area contributed by atoms with Gasteiger partial charge in [-0.15, -0.1) is 0 Å². The van der Waals surface area contributed by atoms with Gasteiger partial charge in [0, 0.05) is 11.3 Å². The molecule has 1 aliphatic carbocycles. The predicted molar refractivity (Wildman–Crippen MR) is 113 cm³/mol. The molecule has 3 saturated heterocycles. The highest BCUT2D eigenvalue weighted by molar-refractivity contribution is 5.85. The molecule has 0 bridgehead atoms. The zero-order valence-electron chi connectivity index (χ0n) is 16.9. The van der Waals surface area contributed by atoms with Crippen molar-refractivity contribution in [3.05, 3.63) is 77.9 Å². The van der Waals surface area contributed by atoms with Crippen molar-refractivity contribution in [3.63, 3.8) is 0 Å². The number of hydrogen-bond acceptors (Lipinski definition) is 3. The standard InChI is InChI=1S/C26H26O3/c1-16-12-20(19-11-7-6-10-18(19)17-8-4-3-5-9-17)23-24-21(28-24)14-27-15-22-25(29-22)26(23,2)13-16/h3-13,21-25H,14-15H2,1-2H3. The average Bonchev–Trinajstić information content (AvgIpc) is 3.65. The second-order valence-electron chi connectivity index (χ2n) is 9.02. The van der Waals surface area contributed by atoms with Crippen LogP contribution in [0.1, 0.15) is 19.4 Å². The average molecular weight is 386 g/mol. The van der Waals surface area contributed by atoms with Crippen molar-refractivity contribution in [1.29, 1.82) is 0 Å². The zero-order valence-corrected chi connectivity index (χ0v) is 16.9. The highest BCUT2D eigenvalue weighted by atomic mass is 16.6. The lowest BCUT2D eigenvalue weighted by molar-refractivity contribution is 0.102. The lowest BCUT2D eigenvalue weighted by Gasteiger charge is -2.39. The quantitative estimate of drug-likeness (QED) is 0.690. The smallest absolute Gasteiger partial charge is 0.108 e. The van der Waals surface area contributed by atoms with Crippen LogP contribution in [0.15, 0.2) is 72.3 Å². The summed E-state index contributed by atoms with van der Waals surface area (Å²) in [4.78, 5) is 0. The molecule has 2 aromatic carbocycles. The van der Waals surface area contributed by atoms with E-state index in [1.165, 1.54) is 27.8 Å². The lowest BCUT2D eigenvalue weighted by atomic mass is 9.63. The van der Waals surface area contributed by atoms with Crippen molar-refractivity contribution in [1.82, 2.24) is 0 Å². The van der Waals surface area contributed by atoms with Crippen molar-refractivity contribution >= 4 is 5.57 Å². The van der Waals surface area contributed by atoms with E-state index >= 15 is 0 Å². The number of hydrogen-bond donors (Lipinski definition) is 0. The van der Waals surface area contributed by atoms with E-state index in [1.807, 2.05) is 0 Å². The van der Waals surface area contributed by atoms with Gasteiger partial charge in [0.1, 0.15) is 12.2 Å². The number of allylic oxidation sites excluding steroid dienone is 2. The summed E-state index contributed by atoms with van der Waals surface area (Å²) in [6, 6.07) is 19.4. The second-order valence-corrected chi connectivity index (χ2v) is 9.02. The van der Waals surface area contributed by atoms with E-state index in [2.05, 4.69) is 80.6 Å². The molecule has 3 fully saturated rings. The van der Waals surface area contributed by atoms with Crippen molar-refractivity contribution in [2.75, 3.05) is 13.2 Å². The number of fused-ring (bicyclic) bond motifs is 5. The molecule has 0 saturated carbocycles. The van der Waals surface area contributed by atoms with Gasteiger partial charge in [0.05, 0.1) is 25.4 Å². The minimum absolute atomic E-state index is 0.0876. The van der Waals surface area contributed by atoms with Gasteiger partial charge in [-0.2, -0.15) is 0 Å². The Morgan fingerprint density at radius 1 is 0.862 bits per heavy atom. The van der Waals surface area contributed by atoms with Gasteiger partial charge in [0.15, 0.2) is 0 Å². The van der Waals surface area contributed by atoms with Crippen molar-refractivity contribution in [2.45, 2.75) is 38.3 Å². The maximum Gasteiger partial charge on any atom is 0.108 e. The molecule has 0 amide bonds. The summed E-state index contributed by atoms with van der Waals surface area (Å²) >= 11 is 0. The topological polar surface area (TPSA) is 34.3 Å². The van der Waals surface area contributed by atoms with Crippen LogP contribution in [0, 0.1) is 11.3 Å². The molecule has 6 atom stereocenters. The molecule has 0 spiro atoms. The summed E-state index contributed by atoms with van der Waals surface area (Å²) in [6.45, 7) is 5.90. The Hall–Kier alpha value is -2.20. The normalized spacial score (nSPS) is 37.5. The molecule has 3 heteroatoms. The first-order valence-electron chi connectivity index (χ1n) is 10.6. The number of epoxide rings is 2. The molecule has 0 N–H and O–H groups in total. The minimum atomic E-state index is -0.0876. The first-order chi connectivity index (χ1) is 14.1. The van der Waals surface area contributed by atoms with Crippen LogP contribution in [0.4, 0.5) is 0 Å². The van der Waals surface area contributed by atoms with E-state index in [1.54, 1.807) is 0 Å². The summed E-state index contributed by atoms with van der Waals surface area (Å²) in [5.41, 5.74) is 6.41. The molecule has 4 aliphatic rings. The number of benzene rings is 2. The van der Waals surface area contributed by atoms with Gasteiger partial charge in [-0.3, -0.25) is 0 Å². The number of rotatable bonds is 2. The van der Waals surface area contributed by atoms with E-state index in [0.717, 1.165) is 0 Å². The maximum absolute atomic E-state index is 6.18. The third-order valence-corrected chi connectivity index (χ3v) is 6.96. The van der Waals surface area contributed by atoms with Gasteiger partial charge >= 0.3 is 0 Å². The molecule has 6 unspecified atom stereocenters. The van der Waals surface area contributed by atoms with E-state index < -0.39 is 0 Å². The van der Waals surface area contributed by atoms with Gasteiger partial charge in [-0.05, 0) is 29.2 Å². The fourth-order valence-electron chi connectivity index (χ4n) is 5.63. The monoisotopic (exact) mass is 386 g/mol. The van der Waals surface area contributed by atoms with Gasteiger partial charge in [0.2, 0.25) is 0 Å². The number of ether oxygens (including phenoxy) is 3. The van der Waals surface area contributed by atoms with E-state index in [-0.39, 0.29) is 35.7 Å². The molecule has 3 aliphatic heterocycles. The largest absolute Gasteiger partial charge is 0.376 e. The van der Waals surface area contributed by atoms with Gasteiger partial charge in [-0.25, -0.2) is 0 Å². The fraction of sp³-hybridized carbons (Fsp3) is 0.385. The molecule has 0 aromatic heterocycles. The van der Waals surface area contributed by atoms with Gasteiger partial charge in [-0.1, -0.05) is 79.2 Å². The Morgan fingerprint density at radius 3 is 2.41 bits per heavy atom. The van der Waals surface area contributed by atoms with Crippen LogP contribution in [0.3, 0.4) is 0 Å². The van der Waals surface area contributed by atoms with Crippen molar-refractivity contribution < 1.29 is 14.2 Å². The van der Waals surface area contributed by atoms with Crippen LogP contribution in [0.2, 0.25) is 0 Å². The first-order valence-corrected chi connectivity index (χ1v) is 10.6. The Morgan fingerprint density at radius 2 is 1.59 bits per heavy atom. The van der Waals surface area contributed by atoms with Crippen LogP contribution in [-0.4, -0.2) is 37.6 Å². The first kappa shape index (κ1) is 17.6. The Labute approximate surface area is 172 Å². The lowest BCUT2D eigenvalue weighted by Crippen LogP contribution is -2.39. The highest BCUT2D eigenvalue weighted by Crippen LogP contribution is 2.58. The van der Waals surface area contributed by atoms with Crippen LogP contribution in [0.5, 0.6) is 0 Å². The summed E-state index contributed by atoms with van der Waals surface area (Å²) in [6.07, 6.45) is 5.55. The Balaban J connectivity index is 1.51. The van der Waals surface area contributed by atoms with E-state index in [4.69, 9.17) is 14.2 Å². The molecule has 3 heterocycles. The van der Waals surface area contributed by atoms with Gasteiger partial charge < -0.3 is 14.2 Å². The third kappa shape index (κ3) is 2.83. The SMILES string of the molecule is CC1=CC2(C)C3OC3COCC3OC3C2C(c2ccccc2-c2ccccc2)=C1. The summed E-state index contributed by atoms with van der Waals surface area (Å²) in [5, 5.41) is 0. The fourth-order valence-corrected chi connectivity index (χ4v) is 5.63. The minimum Gasteiger partial charge on any atom is -0.376 e. The van der Waals surface area contributed by atoms with Crippen LogP contribution >= 0.6 is 0 Å². The Bertz CT molecular complexity index is 1010. The summed E-state index contributed by atoms with van der Waals surface area (Å²) < 4.78 is 18.2. The van der Waals surface area contributed by atoms with E-state index in [0.29, 0.717) is 13.2 Å². The van der Waals surface area contributed by atoms with Crippen LogP contribution in [0.25, 0.3) is 16.7 Å². The van der Waals surface area contributed by atoms with E-state index in [9.17, 15) is 0 Å². The van der Waals surface area contributed by atoms with Crippen LogP contribution in [-0.2, 0) is 14.2 Å².